The van der Waals surface area contributed by atoms with Crippen LogP contribution < -0.4 is 0 Å². The Morgan fingerprint density at radius 1 is 1.33 bits per heavy atom. The van der Waals surface area contributed by atoms with Gasteiger partial charge < -0.3 is 14.2 Å². The van der Waals surface area contributed by atoms with Crippen molar-refractivity contribution < 1.29 is 14.2 Å². The molecule has 0 aromatic rings. The van der Waals surface area contributed by atoms with Gasteiger partial charge in [0.15, 0.2) is 0 Å². The Bertz CT molecular complexity index is 175. The smallest absolute Gasteiger partial charge is 0.0997 e. The topological polar surface area (TPSA) is 27.7 Å². The van der Waals surface area contributed by atoms with Crippen LogP contribution in [0.2, 0.25) is 0 Å². The summed E-state index contributed by atoms with van der Waals surface area (Å²) in [5.74, 6) is 0.577. The van der Waals surface area contributed by atoms with Crippen molar-refractivity contribution in [2.24, 2.45) is 5.92 Å². The molecule has 1 fully saturated rings. The molecule has 1 rings (SSSR count). The lowest BCUT2D eigenvalue weighted by Crippen LogP contribution is -2.50. The van der Waals surface area contributed by atoms with Crippen molar-refractivity contribution in [3.05, 3.63) is 0 Å². The van der Waals surface area contributed by atoms with E-state index in [2.05, 4.69) is 13.8 Å². The fourth-order valence-electron chi connectivity index (χ4n) is 1.57. The first-order valence-electron chi connectivity index (χ1n) is 5.51. The zero-order valence-electron chi connectivity index (χ0n) is 9.74. The van der Waals surface area contributed by atoms with Crippen LogP contribution in [0.4, 0.5) is 0 Å². The van der Waals surface area contributed by atoms with Crippen molar-refractivity contribution in [3.63, 3.8) is 0 Å². The van der Waals surface area contributed by atoms with E-state index in [1.807, 2.05) is 0 Å². The Morgan fingerprint density at radius 2 is 2.07 bits per heavy atom. The van der Waals surface area contributed by atoms with E-state index in [0.717, 1.165) is 13.0 Å². The minimum atomic E-state index is 0.0526. The summed E-state index contributed by atoms with van der Waals surface area (Å²) in [6.45, 7) is 6.33. The lowest BCUT2D eigenvalue weighted by Gasteiger charge is -2.39. The quantitative estimate of drug-likeness (QED) is 0.500. The van der Waals surface area contributed by atoms with E-state index in [4.69, 9.17) is 25.8 Å². The minimum Gasteiger partial charge on any atom is -0.379 e. The molecule has 0 amide bonds. The summed E-state index contributed by atoms with van der Waals surface area (Å²) in [6, 6.07) is 0. The van der Waals surface area contributed by atoms with Gasteiger partial charge in [0, 0.05) is 13.7 Å². The molecular weight excluding hydrogens is 216 g/mol. The Hall–Kier alpha value is 0.170. The SMILES string of the molecule is COC1C(Cl)CC1OCCOCC(C)C. The molecule has 3 unspecified atom stereocenters. The van der Waals surface area contributed by atoms with Crippen molar-refractivity contribution in [3.8, 4) is 0 Å². The summed E-state index contributed by atoms with van der Waals surface area (Å²) in [7, 11) is 1.67. The predicted molar refractivity (Wildman–Crippen MR) is 60.5 cm³/mol. The van der Waals surface area contributed by atoms with Gasteiger partial charge in [0.05, 0.1) is 30.8 Å². The third kappa shape index (κ3) is 4.27. The van der Waals surface area contributed by atoms with E-state index in [-0.39, 0.29) is 17.6 Å². The maximum absolute atomic E-state index is 5.96. The molecule has 0 aliphatic heterocycles. The van der Waals surface area contributed by atoms with E-state index in [9.17, 15) is 0 Å². The number of rotatable bonds is 7. The third-order valence-electron chi connectivity index (χ3n) is 2.46. The van der Waals surface area contributed by atoms with Crippen LogP contribution in [0.25, 0.3) is 0 Å². The van der Waals surface area contributed by atoms with Crippen molar-refractivity contribution >= 4 is 11.6 Å². The maximum Gasteiger partial charge on any atom is 0.0997 e. The van der Waals surface area contributed by atoms with Gasteiger partial charge in [-0.3, -0.25) is 0 Å². The average molecular weight is 237 g/mol. The lowest BCUT2D eigenvalue weighted by molar-refractivity contribution is -0.119. The first-order chi connectivity index (χ1) is 7.15. The van der Waals surface area contributed by atoms with E-state index in [0.29, 0.717) is 19.1 Å². The monoisotopic (exact) mass is 236 g/mol. The first-order valence-corrected chi connectivity index (χ1v) is 5.95. The van der Waals surface area contributed by atoms with Crippen LogP contribution >= 0.6 is 11.6 Å². The summed E-state index contributed by atoms with van der Waals surface area (Å²) in [4.78, 5) is 0. The molecule has 0 spiro atoms. The van der Waals surface area contributed by atoms with Gasteiger partial charge in [0.1, 0.15) is 0 Å². The molecule has 15 heavy (non-hydrogen) atoms. The van der Waals surface area contributed by atoms with Gasteiger partial charge in [-0.1, -0.05) is 13.8 Å². The molecule has 0 aromatic carbocycles. The van der Waals surface area contributed by atoms with Crippen LogP contribution in [0.3, 0.4) is 0 Å². The Balaban J connectivity index is 1.97. The number of ether oxygens (including phenoxy) is 3. The van der Waals surface area contributed by atoms with E-state index >= 15 is 0 Å². The molecular formula is C11H21ClO3. The van der Waals surface area contributed by atoms with Crippen LogP contribution in [0.1, 0.15) is 20.3 Å². The Labute approximate surface area is 97.0 Å². The Kier molecular flexibility index (Phi) is 5.90. The Morgan fingerprint density at radius 3 is 2.60 bits per heavy atom. The van der Waals surface area contributed by atoms with E-state index in [1.165, 1.54) is 0 Å². The summed E-state index contributed by atoms with van der Waals surface area (Å²) in [5.41, 5.74) is 0. The second kappa shape index (κ2) is 6.69. The summed E-state index contributed by atoms with van der Waals surface area (Å²) >= 11 is 5.96. The molecule has 1 aliphatic rings. The molecule has 0 radical (unpaired) electrons. The maximum atomic E-state index is 5.96. The van der Waals surface area contributed by atoms with Crippen molar-refractivity contribution in [1.29, 1.82) is 0 Å². The highest BCUT2D eigenvalue weighted by atomic mass is 35.5. The van der Waals surface area contributed by atoms with E-state index in [1.54, 1.807) is 7.11 Å². The molecule has 1 aliphatic carbocycles. The molecule has 1 saturated carbocycles. The third-order valence-corrected chi connectivity index (χ3v) is 2.89. The highest BCUT2D eigenvalue weighted by Crippen LogP contribution is 2.31. The van der Waals surface area contributed by atoms with Gasteiger partial charge in [0.2, 0.25) is 0 Å². The largest absolute Gasteiger partial charge is 0.379 e. The van der Waals surface area contributed by atoms with Gasteiger partial charge >= 0.3 is 0 Å². The fraction of sp³-hybridized carbons (Fsp3) is 1.00. The number of hydrogen-bond acceptors (Lipinski definition) is 3. The fourth-order valence-corrected chi connectivity index (χ4v) is 2.01. The van der Waals surface area contributed by atoms with Crippen molar-refractivity contribution in [1.82, 2.24) is 0 Å². The van der Waals surface area contributed by atoms with E-state index < -0.39 is 0 Å². The van der Waals surface area contributed by atoms with Crippen LogP contribution in [0.15, 0.2) is 0 Å². The van der Waals surface area contributed by atoms with Crippen LogP contribution in [0, 0.1) is 5.92 Å². The number of halogens is 1. The summed E-state index contributed by atoms with van der Waals surface area (Å²) in [5, 5.41) is 0.108. The highest BCUT2D eigenvalue weighted by Gasteiger charge is 2.40. The van der Waals surface area contributed by atoms with Gasteiger partial charge in [-0.15, -0.1) is 11.6 Å². The second-order valence-corrected chi connectivity index (χ2v) is 4.89. The summed E-state index contributed by atoms with van der Waals surface area (Å²) < 4.78 is 16.2. The lowest BCUT2D eigenvalue weighted by atomic mass is 9.91. The van der Waals surface area contributed by atoms with Gasteiger partial charge in [-0.05, 0) is 12.3 Å². The van der Waals surface area contributed by atoms with Gasteiger partial charge in [0.25, 0.3) is 0 Å². The highest BCUT2D eigenvalue weighted by molar-refractivity contribution is 6.21. The predicted octanol–water partition coefficient (Wildman–Crippen LogP) is 2.07. The second-order valence-electron chi connectivity index (χ2n) is 4.33. The van der Waals surface area contributed by atoms with Crippen molar-refractivity contribution in [2.75, 3.05) is 26.9 Å². The number of hydrogen-bond donors (Lipinski definition) is 0. The summed E-state index contributed by atoms with van der Waals surface area (Å²) in [6.07, 6.45) is 1.08. The molecule has 4 heteroatoms. The molecule has 90 valence electrons. The standard InChI is InChI=1S/C11H21ClO3/c1-8(2)7-14-4-5-15-10-6-9(12)11(10)13-3/h8-11H,4-7H2,1-3H3. The average Bonchev–Trinajstić information content (AvgIpc) is 2.15. The van der Waals surface area contributed by atoms with Crippen molar-refractivity contribution in [2.45, 2.75) is 37.9 Å². The van der Waals surface area contributed by atoms with Gasteiger partial charge in [-0.25, -0.2) is 0 Å². The molecule has 0 bridgehead atoms. The molecule has 0 aromatic heterocycles. The van der Waals surface area contributed by atoms with Crippen LogP contribution in [0.5, 0.6) is 0 Å². The zero-order valence-corrected chi connectivity index (χ0v) is 10.5. The molecule has 3 atom stereocenters. The van der Waals surface area contributed by atoms with Crippen LogP contribution in [-0.2, 0) is 14.2 Å². The number of alkyl halides is 1. The first kappa shape index (κ1) is 13.2. The molecule has 3 nitrogen and oxygen atoms in total. The van der Waals surface area contributed by atoms with Gasteiger partial charge in [-0.2, -0.15) is 0 Å². The zero-order chi connectivity index (χ0) is 11.3. The molecule has 0 heterocycles. The molecule has 0 saturated heterocycles. The van der Waals surface area contributed by atoms with Crippen LogP contribution in [-0.4, -0.2) is 44.5 Å². The molecule has 0 N–H and O–H groups in total. The number of methoxy groups -OCH3 is 1. The normalized spacial score (nSPS) is 30.6. The minimum absolute atomic E-state index is 0.0526.